The highest BCUT2D eigenvalue weighted by Crippen LogP contribution is 2.32. The zero-order chi connectivity index (χ0) is 27.6. The van der Waals surface area contributed by atoms with E-state index in [9.17, 15) is 19.6 Å². The predicted octanol–water partition coefficient (Wildman–Crippen LogP) is 3.29. The van der Waals surface area contributed by atoms with Gasteiger partial charge in [0.1, 0.15) is 12.2 Å². The molecule has 1 amide bonds. The summed E-state index contributed by atoms with van der Waals surface area (Å²) in [5.41, 5.74) is 1.76. The van der Waals surface area contributed by atoms with Crippen LogP contribution in [-0.4, -0.2) is 65.0 Å². The fourth-order valence-corrected chi connectivity index (χ4v) is 4.79. The molecular weight excluding hydrogens is 501 g/mol. The van der Waals surface area contributed by atoms with Gasteiger partial charge in [-0.1, -0.05) is 5.21 Å². The first kappa shape index (κ1) is 26.2. The molecule has 5 rings (SSSR count). The average molecular weight is 532 g/mol. The first-order chi connectivity index (χ1) is 18.7. The van der Waals surface area contributed by atoms with Gasteiger partial charge in [-0.25, -0.2) is 13.6 Å². The van der Waals surface area contributed by atoms with E-state index in [0.29, 0.717) is 22.6 Å². The second-order valence-corrected chi connectivity index (χ2v) is 10.4. The lowest BCUT2D eigenvalue weighted by Gasteiger charge is -2.30. The van der Waals surface area contributed by atoms with Crippen molar-refractivity contribution >= 4 is 17.1 Å². The number of nitrogens with zero attached hydrogens (tertiary/aromatic N) is 7. The maximum Gasteiger partial charge on any atom is 0.255 e. The summed E-state index contributed by atoms with van der Waals surface area (Å²) < 4.78 is 17.9. The molecule has 0 unspecified atom stereocenters. The number of fused-ring (bicyclic) bond motifs is 1. The van der Waals surface area contributed by atoms with Crippen molar-refractivity contribution < 1.29 is 14.3 Å². The summed E-state index contributed by atoms with van der Waals surface area (Å²) in [6.07, 6.45) is 8.41. The maximum absolute atomic E-state index is 14.3. The van der Waals surface area contributed by atoms with Crippen molar-refractivity contribution in [1.29, 1.82) is 5.26 Å². The second-order valence-electron chi connectivity index (χ2n) is 10.4. The molecule has 0 bridgehead atoms. The number of aromatic nitrogens is 6. The lowest BCUT2D eigenvalue weighted by molar-refractivity contribution is -0.00177. The number of carbonyl (C=O) groups is 1. The highest BCUT2D eigenvalue weighted by Gasteiger charge is 2.28. The Morgan fingerprint density at radius 2 is 2.05 bits per heavy atom. The van der Waals surface area contributed by atoms with Gasteiger partial charge in [0.2, 0.25) is 0 Å². The summed E-state index contributed by atoms with van der Waals surface area (Å²) in [7, 11) is 0. The van der Waals surface area contributed by atoms with E-state index in [1.807, 2.05) is 23.0 Å². The number of hydrogen-bond donors (Lipinski definition) is 3. The first-order valence-corrected chi connectivity index (χ1v) is 12.9. The molecule has 202 valence electrons. The van der Waals surface area contributed by atoms with Crippen molar-refractivity contribution in [3.8, 4) is 17.5 Å². The fourth-order valence-electron chi connectivity index (χ4n) is 4.79. The van der Waals surface area contributed by atoms with E-state index in [2.05, 4.69) is 37.1 Å². The van der Waals surface area contributed by atoms with Crippen LogP contribution in [0.5, 0.6) is 0 Å². The molecule has 4 aromatic rings. The zero-order valence-electron chi connectivity index (χ0n) is 21.8. The van der Waals surface area contributed by atoms with Crippen LogP contribution in [0.1, 0.15) is 61.5 Å². The summed E-state index contributed by atoms with van der Waals surface area (Å²) in [6, 6.07) is 9.71. The van der Waals surface area contributed by atoms with E-state index in [0.717, 1.165) is 31.2 Å². The number of alkyl halides is 1. The average Bonchev–Trinajstić information content (AvgIpc) is 3.61. The van der Waals surface area contributed by atoms with Crippen molar-refractivity contribution in [2.45, 2.75) is 63.4 Å². The van der Waals surface area contributed by atoms with Gasteiger partial charge in [0.15, 0.2) is 0 Å². The first-order valence-electron chi connectivity index (χ1n) is 12.9. The summed E-state index contributed by atoms with van der Waals surface area (Å²) in [5.74, 6) is -0.489. The molecule has 4 heterocycles. The molecule has 0 saturated heterocycles. The molecule has 0 aliphatic heterocycles. The molecule has 0 spiro atoms. The number of carbonyl (C=O) groups excluding carboxylic acids is 1. The van der Waals surface area contributed by atoms with Crippen molar-refractivity contribution in [1.82, 2.24) is 34.9 Å². The monoisotopic (exact) mass is 531 g/mol. The Hall–Kier alpha value is -4.37. The summed E-state index contributed by atoms with van der Waals surface area (Å²) in [6.45, 7) is 2.39. The number of halogens is 1. The van der Waals surface area contributed by atoms with Gasteiger partial charge in [0.25, 0.3) is 5.91 Å². The lowest BCUT2D eigenvalue weighted by Crippen LogP contribution is -2.42. The molecule has 12 heteroatoms. The number of nitriles is 1. The van der Waals surface area contributed by atoms with Crippen molar-refractivity contribution in [2.75, 3.05) is 11.9 Å². The van der Waals surface area contributed by atoms with Crippen LogP contribution in [-0.2, 0) is 0 Å². The van der Waals surface area contributed by atoms with Crippen LogP contribution in [0.2, 0.25) is 0 Å². The van der Waals surface area contributed by atoms with Gasteiger partial charge in [0, 0.05) is 18.4 Å². The minimum Gasteiger partial charge on any atom is -0.387 e. The normalized spacial score (nSPS) is 18.4. The van der Waals surface area contributed by atoms with Crippen LogP contribution in [0.4, 0.5) is 10.1 Å². The van der Waals surface area contributed by atoms with E-state index in [1.165, 1.54) is 26.2 Å². The highest BCUT2D eigenvalue weighted by atomic mass is 19.1. The highest BCUT2D eigenvalue weighted by molar-refractivity contribution is 6.00. The molecule has 0 aromatic carbocycles. The molecule has 1 saturated carbocycles. The minimum atomic E-state index is -1.63. The number of pyridine rings is 1. The van der Waals surface area contributed by atoms with Crippen LogP contribution >= 0.6 is 0 Å². The number of amides is 1. The fraction of sp³-hybridized carbons (Fsp3) is 0.407. The summed E-state index contributed by atoms with van der Waals surface area (Å²) in [4.78, 5) is 17.6. The zero-order valence-corrected chi connectivity index (χ0v) is 21.8. The van der Waals surface area contributed by atoms with Crippen molar-refractivity contribution in [3.63, 3.8) is 0 Å². The number of rotatable bonds is 8. The van der Waals surface area contributed by atoms with E-state index < -0.39 is 17.7 Å². The van der Waals surface area contributed by atoms with Gasteiger partial charge < -0.3 is 15.7 Å². The second kappa shape index (κ2) is 10.8. The molecule has 0 radical (unpaired) electrons. The van der Waals surface area contributed by atoms with Gasteiger partial charge in [0.05, 0.1) is 64.3 Å². The third kappa shape index (κ3) is 5.73. The number of nitrogens with one attached hydrogen (secondary N) is 2. The number of hydrogen-bond acceptors (Lipinski definition) is 8. The van der Waals surface area contributed by atoms with Crippen LogP contribution in [0, 0.1) is 11.3 Å². The SMILES string of the molecule is CC(C)(O)[C@H](F)CNC(=O)c1cnc(-c2ccc3cc(C#N)cnn23)cc1NC1CCC(n2ccnn2)CC1. The Kier molecular flexibility index (Phi) is 7.26. The van der Waals surface area contributed by atoms with Gasteiger partial charge in [-0.15, -0.1) is 5.10 Å². The molecule has 1 atom stereocenters. The van der Waals surface area contributed by atoms with Crippen molar-refractivity contribution in [3.05, 3.63) is 60.2 Å². The summed E-state index contributed by atoms with van der Waals surface area (Å²) >= 11 is 0. The topological polar surface area (TPSA) is 146 Å². The predicted molar refractivity (Wildman–Crippen MR) is 142 cm³/mol. The number of aliphatic hydroxyl groups is 1. The van der Waals surface area contributed by atoms with Crippen molar-refractivity contribution in [2.24, 2.45) is 0 Å². The Bertz CT molecular complexity index is 1500. The van der Waals surface area contributed by atoms with E-state index >= 15 is 0 Å². The minimum absolute atomic E-state index is 0.109. The van der Waals surface area contributed by atoms with E-state index in [4.69, 9.17) is 0 Å². The molecule has 3 N–H and O–H groups in total. The molecule has 4 aromatic heterocycles. The van der Waals surface area contributed by atoms with Crippen LogP contribution in [0.3, 0.4) is 0 Å². The van der Waals surface area contributed by atoms with Gasteiger partial charge >= 0.3 is 0 Å². The maximum atomic E-state index is 14.3. The van der Waals surface area contributed by atoms with Gasteiger partial charge in [-0.05, 0) is 63.8 Å². The molecule has 11 nitrogen and oxygen atoms in total. The van der Waals surface area contributed by atoms with E-state index in [-0.39, 0.29) is 24.2 Å². The largest absolute Gasteiger partial charge is 0.387 e. The quantitative estimate of drug-likeness (QED) is 0.314. The Morgan fingerprint density at radius 1 is 1.26 bits per heavy atom. The molecule has 1 aliphatic rings. The lowest BCUT2D eigenvalue weighted by atomic mass is 9.91. The standard InChI is InChI=1S/C27H30FN9O2/c1-27(2,39)25(28)16-31-26(38)21-15-30-23(24-8-7-20-11-17(13-29)14-33-37(20)24)12-22(21)34-18-3-5-19(6-4-18)36-10-9-32-35-36/h7-12,14-15,18-19,25,39H,3-6,16H2,1-2H3,(H,30,34)(H,31,38)/t18?,19?,25-/m1/s1. The molecule has 1 aliphatic carbocycles. The van der Waals surface area contributed by atoms with Gasteiger partial charge in [-0.3, -0.25) is 9.78 Å². The smallest absolute Gasteiger partial charge is 0.255 e. The summed E-state index contributed by atoms with van der Waals surface area (Å²) in [5, 5.41) is 37.6. The Morgan fingerprint density at radius 3 is 2.74 bits per heavy atom. The third-order valence-electron chi connectivity index (χ3n) is 7.12. The third-order valence-corrected chi connectivity index (χ3v) is 7.12. The van der Waals surface area contributed by atoms with Crippen LogP contribution in [0.15, 0.2) is 49.1 Å². The van der Waals surface area contributed by atoms with E-state index in [1.54, 1.807) is 22.8 Å². The molecule has 39 heavy (non-hydrogen) atoms. The number of anilines is 1. The van der Waals surface area contributed by atoms with Crippen LogP contribution < -0.4 is 10.6 Å². The molecule has 1 fully saturated rings. The molecular formula is C27H30FN9O2. The van der Waals surface area contributed by atoms with Gasteiger partial charge in [-0.2, -0.15) is 10.4 Å². The Balaban J connectivity index is 1.41. The van der Waals surface area contributed by atoms with Crippen LogP contribution in [0.25, 0.3) is 16.9 Å². The Labute approximate surface area is 224 Å².